The first-order chi connectivity index (χ1) is 10.2. The molecule has 1 saturated heterocycles. The van der Waals surface area contributed by atoms with Crippen LogP contribution in [-0.2, 0) is 6.42 Å². The lowest BCUT2D eigenvalue weighted by Crippen LogP contribution is -2.42. The molecule has 6 heteroatoms. The van der Waals surface area contributed by atoms with E-state index < -0.39 is 5.97 Å². The first-order valence-corrected chi connectivity index (χ1v) is 7.23. The van der Waals surface area contributed by atoms with Crippen LogP contribution >= 0.6 is 0 Å². The fourth-order valence-corrected chi connectivity index (χ4v) is 2.41. The molecule has 0 bridgehead atoms. The number of urea groups is 1. The minimum absolute atomic E-state index is 0.0773. The molecule has 6 nitrogen and oxygen atoms in total. The minimum atomic E-state index is -0.935. The molecule has 0 aliphatic carbocycles. The van der Waals surface area contributed by atoms with Crippen LogP contribution in [0.1, 0.15) is 22.3 Å². The van der Waals surface area contributed by atoms with E-state index >= 15 is 0 Å². The van der Waals surface area contributed by atoms with Crippen molar-refractivity contribution in [3.05, 3.63) is 35.4 Å². The number of carboxylic acids is 1. The highest BCUT2D eigenvalue weighted by Crippen LogP contribution is 2.09. The summed E-state index contributed by atoms with van der Waals surface area (Å²) in [6.45, 7) is 3.65. The van der Waals surface area contributed by atoms with Crippen molar-refractivity contribution >= 4 is 12.0 Å². The van der Waals surface area contributed by atoms with Gasteiger partial charge in [0.2, 0.25) is 0 Å². The Labute approximate surface area is 124 Å². The van der Waals surface area contributed by atoms with Gasteiger partial charge < -0.3 is 20.6 Å². The molecule has 1 aromatic rings. The lowest BCUT2D eigenvalue weighted by atomic mass is 10.0. The summed E-state index contributed by atoms with van der Waals surface area (Å²) in [5.74, 6) is -0.935. The van der Waals surface area contributed by atoms with Crippen LogP contribution < -0.4 is 10.6 Å². The maximum absolute atomic E-state index is 12.0. The summed E-state index contributed by atoms with van der Waals surface area (Å²) in [5, 5.41) is 15.2. The Bertz CT molecular complexity index is 497. The fourth-order valence-electron chi connectivity index (χ4n) is 2.41. The molecular weight excluding hydrogens is 270 g/mol. The maximum atomic E-state index is 12.0. The van der Waals surface area contributed by atoms with Crippen LogP contribution in [0.25, 0.3) is 0 Å². The number of nitrogens with one attached hydrogen (secondary N) is 2. The molecule has 2 amide bonds. The van der Waals surface area contributed by atoms with Crippen LogP contribution in [0.4, 0.5) is 4.79 Å². The van der Waals surface area contributed by atoms with E-state index in [0.29, 0.717) is 25.1 Å². The molecule has 114 valence electrons. The molecule has 1 aliphatic heterocycles. The second-order valence-corrected chi connectivity index (χ2v) is 5.03. The van der Waals surface area contributed by atoms with E-state index in [1.807, 2.05) is 6.07 Å². The van der Waals surface area contributed by atoms with E-state index in [0.717, 1.165) is 31.6 Å². The smallest absolute Gasteiger partial charge is 0.335 e. The number of hydrogen-bond acceptors (Lipinski definition) is 3. The van der Waals surface area contributed by atoms with Crippen LogP contribution in [0.15, 0.2) is 24.3 Å². The summed E-state index contributed by atoms with van der Waals surface area (Å²) in [6.07, 6.45) is 1.47. The van der Waals surface area contributed by atoms with E-state index in [1.165, 1.54) is 0 Å². The van der Waals surface area contributed by atoms with Gasteiger partial charge in [-0.1, -0.05) is 18.2 Å². The summed E-state index contributed by atoms with van der Waals surface area (Å²) in [4.78, 5) is 24.9. The van der Waals surface area contributed by atoms with E-state index in [1.54, 1.807) is 23.1 Å². The molecule has 1 fully saturated rings. The van der Waals surface area contributed by atoms with Gasteiger partial charge >= 0.3 is 12.0 Å². The highest BCUT2D eigenvalue weighted by Gasteiger charge is 2.15. The van der Waals surface area contributed by atoms with Crippen LogP contribution in [0.3, 0.4) is 0 Å². The van der Waals surface area contributed by atoms with E-state index in [-0.39, 0.29) is 6.03 Å². The summed E-state index contributed by atoms with van der Waals surface area (Å²) >= 11 is 0. The normalized spacial score (nSPS) is 15.3. The van der Waals surface area contributed by atoms with E-state index in [9.17, 15) is 9.59 Å². The highest BCUT2D eigenvalue weighted by atomic mass is 16.4. The third kappa shape index (κ3) is 4.46. The Balaban J connectivity index is 1.83. The fraction of sp³-hybridized carbons (Fsp3) is 0.467. The number of carbonyl (C=O) groups excluding carboxylic acids is 1. The second kappa shape index (κ2) is 7.64. The van der Waals surface area contributed by atoms with E-state index in [2.05, 4.69) is 10.6 Å². The van der Waals surface area contributed by atoms with Gasteiger partial charge in [0, 0.05) is 26.2 Å². The Morgan fingerprint density at radius 1 is 1.24 bits per heavy atom. The van der Waals surface area contributed by atoms with Crippen molar-refractivity contribution in [2.75, 3.05) is 32.7 Å². The van der Waals surface area contributed by atoms with Gasteiger partial charge in [-0.3, -0.25) is 0 Å². The number of hydrogen-bond donors (Lipinski definition) is 3. The highest BCUT2D eigenvalue weighted by molar-refractivity contribution is 5.89. The first-order valence-electron chi connectivity index (χ1n) is 7.23. The zero-order valence-electron chi connectivity index (χ0n) is 12.0. The quantitative estimate of drug-likeness (QED) is 0.771. The van der Waals surface area contributed by atoms with Crippen LogP contribution in [-0.4, -0.2) is 54.7 Å². The summed E-state index contributed by atoms with van der Waals surface area (Å²) in [5.41, 5.74) is 1.04. The van der Waals surface area contributed by atoms with Gasteiger partial charge in [0.05, 0.1) is 5.56 Å². The Morgan fingerprint density at radius 3 is 2.86 bits per heavy atom. The van der Waals surface area contributed by atoms with Crippen LogP contribution in [0.2, 0.25) is 0 Å². The molecule has 0 saturated carbocycles. The first kappa shape index (κ1) is 15.3. The van der Waals surface area contributed by atoms with E-state index in [4.69, 9.17) is 5.11 Å². The number of carboxylic acid groups (broad SMARTS) is 1. The molecule has 0 unspecified atom stereocenters. The average Bonchev–Trinajstić information content (AvgIpc) is 2.76. The number of rotatable bonds is 4. The zero-order valence-corrected chi connectivity index (χ0v) is 12.0. The van der Waals surface area contributed by atoms with Crippen molar-refractivity contribution in [3.63, 3.8) is 0 Å². The molecule has 3 N–H and O–H groups in total. The molecular formula is C15H21N3O3. The number of aromatic carboxylic acids is 1. The lowest BCUT2D eigenvalue weighted by Gasteiger charge is -2.20. The number of benzene rings is 1. The Kier molecular flexibility index (Phi) is 5.57. The van der Waals surface area contributed by atoms with Crippen molar-refractivity contribution in [2.45, 2.75) is 12.8 Å². The summed E-state index contributed by atoms with van der Waals surface area (Å²) in [6, 6.07) is 6.80. The van der Waals surface area contributed by atoms with Crippen molar-refractivity contribution in [3.8, 4) is 0 Å². The zero-order chi connectivity index (χ0) is 15.1. The Morgan fingerprint density at radius 2 is 2.05 bits per heavy atom. The predicted molar refractivity (Wildman–Crippen MR) is 79.6 cm³/mol. The molecule has 0 atom stereocenters. The molecule has 1 aliphatic rings. The topological polar surface area (TPSA) is 81.7 Å². The molecule has 1 heterocycles. The van der Waals surface area contributed by atoms with Crippen LogP contribution in [0.5, 0.6) is 0 Å². The molecule has 0 spiro atoms. The standard InChI is InChI=1S/C15H21N3O3/c19-14(20)13-5-2-1-4-12(13)6-8-17-15(21)18-10-3-7-16-9-11-18/h1-2,4-5,16H,3,6-11H2,(H,17,21)(H,19,20). The second-order valence-electron chi connectivity index (χ2n) is 5.03. The Hall–Kier alpha value is -2.08. The van der Waals surface area contributed by atoms with Crippen molar-refractivity contribution in [2.24, 2.45) is 0 Å². The molecule has 0 radical (unpaired) electrons. The summed E-state index contributed by atoms with van der Waals surface area (Å²) in [7, 11) is 0. The average molecular weight is 291 g/mol. The number of nitrogens with zero attached hydrogens (tertiary/aromatic N) is 1. The van der Waals surface area contributed by atoms with Gasteiger partial charge in [-0.15, -0.1) is 0 Å². The third-order valence-corrected chi connectivity index (χ3v) is 3.55. The van der Waals surface area contributed by atoms with Gasteiger partial charge in [-0.2, -0.15) is 0 Å². The van der Waals surface area contributed by atoms with Crippen molar-refractivity contribution in [1.29, 1.82) is 0 Å². The lowest BCUT2D eigenvalue weighted by molar-refractivity contribution is 0.0695. The largest absolute Gasteiger partial charge is 0.478 e. The van der Waals surface area contributed by atoms with Crippen molar-refractivity contribution in [1.82, 2.24) is 15.5 Å². The molecule has 2 rings (SSSR count). The van der Waals surface area contributed by atoms with Gasteiger partial charge in [0.1, 0.15) is 0 Å². The van der Waals surface area contributed by atoms with Gasteiger partial charge in [0.25, 0.3) is 0 Å². The SMILES string of the molecule is O=C(O)c1ccccc1CCNC(=O)N1CCCNCC1. The molecule has 1 aromatic carbocycles. The van der Waals surface area contributed by atoms with Gasteiger partial charge in [-0.25, -0.2) is 9.59 Å². The predicted octanol–water partition coefficient (Wildman–Crippen LogP) is 0.932. The van der Waals surface area contributed by atoms with Gasteiger partial charge in [0.15, 0.2) is 0 Å². The summed E-state index contributed by atoms with van der Waals surface area (Å²) < 4.78 is 0. The number of amides is 2. The van der Waals surface area contributed by atoms with Gasteiger partial charge in [-0.05, 0) is 31.0 Å². The molecule has 21 heavy (non-hydrogen) atoms. The third-order valence-electron chi connectivity index (χ3n) is 3.55. The maximum Gasteiger partial charge on any atom is 0.335 e. The minimum Gasteiger partial charge on any atom is -0.478 e. The van der Waals surface area contributed by atoms with Crippen molar-refractivity contribution < 1.29 is 14.7 Å². The van der Waals surface area contributed by atoms with Crippen LogP contribution in [0, 0.1) is 0 Å². The molecule has 0 aromatic heterocycles. The number of carbonyl (C=O) groups is 2. The monoisotopic (exact) mass is 291 g/mol.